The lowest BCUT2D eigenvalue weighted by Crippen LogP contribution is -1.95. The molecule has 58 valence electrons. The molecule has 1 aromatic rings. The van der Waals surface area contributed by atoms with E-state index in [4.69, 9.17) is 0 Å². The van der Waals surface area contributed by atoms with Gasteiger partial charge in [-0.3, -0.25) is 4.98 Å². The van der Waals surface area contributed by atoms with E-state index in [0.717, 1.165) is 24.2 Å². The zero-order chi connectivity index (χ0) is 7.84. The SMILES string of the molecule is Cc1ccc2c(n1)[C@@H](O)CC2. The first-order chi connectivity index (χ1) is 5.27. The van der Waals surface area contributed by atoms with Gasteiger partial charge in [0, 0.05) is 5.69 Å². The van der Waals surface area contributed by atoms with Crippen LogP contribution in [0.25, 0.3) is 0 Å². The predicted octanol–water partition coefficient (Wildman–Crippen LogP) is 1.37. The molecule has 1 aliphatic rings. The summed E-state index contributed by atoms with van der Waals surface area (Å²) >= 11 is 0. The van der Waals surface area contributed by atoms with Crippen LogP contribution < -0.4 is 0 Å². The fourth-order valence-corrected chi connectivity index (χ4v) is 1.53. The molecule has 0 spiro atoms. The molecule has 0 unspecified atom stereocenters. The molecule has 0 amide bonds. The van der Waals surface area contributed by atoms with Gasteiger partial charge in [-0.2, -0.15) is 0 Å². The Morgan fingerprint density at radius 2 is 2.36 bits per heavy atom. The standard InChI is InChI=1S/C9H11NO/c1-6-2-3-7-4-5-8(11)9(7)10-6/h2-3,8,11H,4-5H2,1H3/t8-/m0/s1. The first-order valence-corrected chi connectivity index (χ1v) is 3.92. The monoisotopic (exact) mass is 149 g/mol. The molecule has 1 aromatic heterocycles. The molecule has 2 heteroatoms. The lowest BCUT2D eigenvalue weighted by molar-refractivity contribution is 0.175. The number of aliphatic hydroxyl groups is 1. The maximum atomic E-state index is 9.44. The van der Waals surface area contributed by atoms with Crippen LogP contribution in [0.1, 0.15) is 29.5 Å². The molecule has 2 nitrogen and oxygen atoms in total. The van der Waals surface area contributed by atoms with E-state index in [1.807, 2.05) is 13.0 Å². The largest absolute Gasteiger partial charge is 0.387 e. The Balaban J connectivity index is 2.52. The highest BCUT2D eigenvalue weighted by Crippen LogP contribution is 2.28. The van der Waals surface area contributed by atoms with E-state index in [2.05, 4.69) is 11.1 Å². The first-order valence-electron chi connectivity index (χ1n) is 3.92. The van der Waals surface area contributed by atoms with E-state index in [0.29, 0.717) is 0 Å². The second kappa shape index (κ2) is 2.31. The number of hydrogen-bond donors (Lipinski definition) is 1. The molecule has 1 N–H and O–H groups in total. The minimum atomic E-state index is -0.315. The van der Waals surface area contributed by atoms with Crippen molar-refractivity contribution >= 4 is 0 Å². The second-order valence-electron chi connectivity index (χ2n) is 3.05. The molecular formula is C9H11NO. The average Bonchev–Trinajstić information content (AvgIpc) is 2.33. The van der Waals surface area contributed by atoms with Crippen molar-refractivity contribution in [2.24, 2.45) is 0 Å². The Morgan fingerprint density at radius 3 is 3.18 bits per heavy atom. The van der Waals surface area contributed by atoms with E-state index in [1.54, 1.807) is 0 Å². The Hall–Kier alpha value is -0.890. The molecule has 11 heavy (non-hydrogen) atoms. The number of aromatic nitrogens is 1. The zero-order valence-electron chi connectivity index (χ0n) is 6.54. The quantitative estimate of drug-likeness (QED) is 0.604. The highest BCUT2D eigenvalue weighted by Gasteiger charge is 2.20. The van der Waals surface area contributed by atoms with Gasteiger partial charge in [0.05, 0.1) is 11.8 Å². The molecule has 0 fully saturated rings. The number of aliphatic hydroxyl groups excluding tert-OH is 1. The molecule has 0 radical (unpaired) electrons. The van der Waals surface area contributed by atoms with Gasteiger partial charge >= 0.3 is 0 Å². The maximum Gasteiger partial charge on any atom is 0.0965 e. The van der Waals surface area contributed by atoms with Crippen molar-refractivity contribution in [3.05, 3.63) is 29.1 Å². The molecule has 0 aliphatic heterocycles. The fourth-order valence-electron chi connectivity index (χ4n) is 1.53. The summed E-state index contributed by atoms with van der Waals surface area (Å²) in [4.78, 5) is 4.28. The van der Waals surface area contributed by atoms with Gasteiger partial charge in [0.15, 0.2) is 0 Å². The van der Waals surface area contributed by atoms with Crippen molar-refractivity contribution in [3.63, 3.8) is 0 Å². The maximum absolute atomic E-state index is 9.44. The molecule has 0 saturated heterocycles. The van der Waals surface area contributed by atoms with Crippen molar-refractivity contribution in [1.82, 2.24) is 4.98 Å². The summed E-state index contributed by atoms with van der Waals surface area (Å²) in [7, 11) is 0. The van der Waals surface area contributed by atoms with Gasteiger partial charge in [-0.1, -0.05) is 6.07 Å². The molecule has 2 rings (SSSR count). The van der Waals surface area contributed by atoms with Crippen molar-refractivity contribution in [2.45, 2.75) is 25.9 Å². The summed E-state index contributed by atoms with van der Waals surface area (Å²) in [5.41, 5.74) is 3.10. The highest BCUT2D eigenvalue weighted by atomic mass is 16.3. The Bertz CT molecular complexity index is 283. The Kier molecular flexibility index (Phi) is 1.43. The summed E-state index contributed by atoms with van der Waals surface area (Å²) in [6.07, 6.45) is 1.50. The van der Waals surface area contributed by atoms with Crippen LogP contribution in [0.2, 0.25) is 0 Å². The average molecular weight is 149 g/mol. The minimum Gasteiger partial charge on any atom is -0.387 e. The van der Waals surface area contributed by atoms with Gasteiger partial charge in [-0.25, -0.2) is 0 Å². The van der Waals surface area contributed by atoms with E-state index in [-0.39, 0.29) is 6.10 Å². The summed E-state index contributed by atoms with van der Waals surface area (Å²) in [6.45, 7) is 1.95. The molecule has 1 aliphatic carbocycles. The highest BCUT2D eigenvalue weighted by molar-refractivity contribution is 5.28. The lowest BCUT2D eigenvalue weighted by atomic mass is 10.2. The van der Waals surface area contributed by atoms with Gasteiger partial charge in [-0.05, 0) is 31.4 Å². The molecule has 1 heterocycles. The number of pyridine rings is 1. The van der Waals surface area contributed by atoms with E-state index < -0.39 is 0 Å². The summed E-state index contributed by atoms with van der Waals surface area (Å²) in [5, 5.41) is 9.44. The summed E-state index contributed by atoms with van der Waals surface area (Å²) in [5.74, 6) is 0. The smallest absolute Gasteiger partial charge is 0.0965 e. The summed E-state index contributed by atoms with van der Waals surface area (Å²) < 4.78 is 0. The molecule has 0 aromatic carbocycles. The zero-order valence-corrected chi connectivity index (χ0v) is 6.54. The topological polar surface area (TPSA) is 33.1 Å². The predicted molar refractivity (Wildman–Crippen MR) is 42.3 cm³/mol. The van der Waals surface area contributed by atoms with Crippen LogP contribution in [0.3, 0.4) is 0 Å². The van der Waals surface area contributed by atoms with Gasteiger partial charge < -0.3 is 5.11 Å². The van der Waals surface area contributed by atoms with Gasteiger partial charge in [0.2, 0.25) is 0 Å². The molecule has 1 atom stereocenters. The third-order valence-electron chi connectivity index (χ3n) is 2.15. The van der Waals surface area contributed by atoms with Crippen LogP contribution in [0.4, 0.5) is 0 Å². The number of aryl methyl sites for hydroxylation is 2. The number of hydrogen-bond acceptors (Lipinski definition) is 2. The van der Waals surface area contributed by atoms with Crippen molar-refractivity contribution in [1.29, 1.82) is 0 Å². The molecular weight excluding hydrogens is 138 g/mol. The minimum absolute atomic E-state index is 0.315. The first kappa shape index (κ1) is 6.80. The fraction of sp³-hybridized carbons (Fsp3) is 0.444. The second-order valence-corrected chi connectivity index (χ2v) is 3.05. The van der Waals surface area contributed by atoms with E-state index in [9.17, 15) is 5.11 Å². The third-order valence-corrected chi connectivity index (χ3v) is 2.15. The lowest BCUT2D eigenvalue weighted by Gasteiger charge is -2.02. The van der Waals surface area contributed by atoms with Gasteiger partial charge in [0.1, 0.15) is 0 Å². The van der Waals surface area contributed by atoms with Crippen molar-refractivity contribution in [3.8, 4) is 0 Å². The van der Waals surface area contributed by atoms with Crippen LogP contribution in [-0.2, 0) is 6.42 Å². The normalized spacial score (nSPS) is 21.8. The van der Waals surface area contributed by atoms with E-state index in [1.165, 1.54) is 5.56 Å². The van der Waals surface area contributed by atoms with Crippen molar-refractivity contribution in [2.75, 3.05) is 0 Å². The summed E-state index contributed by atoms with van der Waals surface area (Å²) in [6, 6.07) is 4.06. The number of fused-ring (bicyclic) bond motifs is 1. The van der Waals surface area contributed by atoms with Crippen LogP contribution in [-0.4, -0.2) is 10.1 Å². The van der Waals surface area contributed by atoms with Crippen LogP contribution >= 0.6 is 0 Å². The number of rotatable bonds is 0. The van der Waals surface area contributed by atoms with Crippen molar-refractivity contribution < 1.29 is 5.11 Å². The molecule has 0 saturated carbocycles. The molecule has 0 bridgehead atoms. The third kappa shape index (κ3) is 1.03. The van der Waals surface area contributed by atoms with E-state index >= 15 is 0 Å². The van der Waals surface area contributed by atoms with Gasteiger partial charge in [0.25, 0.3) is 0 Å². The number of nitrogens with zero attached hydrogens (tertiary/aromatic N) is 1. The Morgan fingerprint density at radius 1 is 1.55 bits per heavy atom. The van der Waals surface area contributed by atoms with Crippen LogP contribution in [0, 0.1) is 6.92 Å². The van der Waals surface area contributed by atoms with Crippen LogP contribution in [0.15, 0.2) is 12.1 Å². The van der Waals surface area contributed by atoms with Crippen LogP contribution in [0.5, 0.6) is 0 Å². The van der Waals surface area contributed by atoms with Gasteiger partial charge in [-0.15, -0.1) is 0 Å². The Labute approximate surface area is 65.9 Å².